The van der Waals surface area contributed by atoms with E-state index in [0.29, 0.717) is 19.0 Å². The van der Waals surface area contributed by atoms with E-state index in [2.05, 4.69) is 9.89 Å². The summed E-state index contributed by atoms with van der Waals surface area (Å²) in [5.74, 6) is 3.18. The number of ether oxygens (including phenoxy) is 1. The molecule has 162 valence electrons. The predicted molar refractivity (Wildman–Crippen MR) is 113 cm³/mol. The first-order valence-electron chi connectivity index (χ1n) is 10.9. The molecule has 2 unspecified atom stereocenters. The molecule has 3 rings (SSSR count). The zero-order chi connectivity index (χ0) is 20.3. The Hall–Kier alpha value is -0.860. The van der Waals surface area contributed by atoms with Crippen molar-refractivity contribution in [2.24, 2.45) is 28.5 Å². The number of likely N-dealkylation sites (tertiary alicyclic amines) is 1. The monoisotopic (exact) mass is 414 g/mol. The second-order valence-corrected chi connectivity index (χ2v) is 11.4. The Labute approximate surface area is 170 Å². The van der Waals surface area contributed by atoms with E-state index in [1.165, 1.54) is 19.3 Å². The average molecular weight is 415 g/mol. The van der Waals surface area contributed by atoms with E-state index in [0.717, 1.165) is 56.7 Å². The smallest absolute Gasteiger partial charge is 0.216 e. The van der Waals surface area contributed by atoms with Crippen LogP contribution in [0.4, 0.5) is 0 Å². The van der Waals surface area contributed by atoms with Gasteiger partial charge in [0, 0.05) is 39.8 Å². The molecule has 28 heavy (non-hydrogen) atoms. The second kappa shape index (κ2) is 9.30. The molecule has 7 nitrogen and oxygen atoms in total. The highest BCUT2D eigenvalue weighted by Gasteiger charge is 2.43. The summed E-state index contributed by atoms with van der Waals surface area (Å²) in [6.45, 7) is 7.58. The Kier molecular flexibility index (Phi) is 7.26. The highest BCUT2D eigenvalue weighted by atomic mass is 32.2. The molecular formula is C20H38N4O3S. The number of hydrogen-bond donors (Lipinski definition) is 1. The van der Waals surface area contributed by atoms with E-state index in [9.17, 15) is 8.42 Å². The fourth-order valence-corrected chi connectivity index (χ4v) is 6.13. The Morgan fingerprint density at radius 1 is 1.14 bits per heavy atom. The maximum absolute atomic E-state index is 12.2. The van der Waals surface area contributed by atoms with E-state index in [1.807, 2.05) is 0 Å². The van der Waals surface area contributed by atoms with Gasteiger partial charge in [0.15, 0.2) is 5.96 Å². The largest absolute Gasteiger partial charge is 0.378 e. The van der Waals surface area contributed by atoms with Gasteiger partial charge in [-0.1, -0.05) is 0 Å². The van der Waals surface area contributed by atoms with E-state index < -0.39 is 10.0 Å². The molecule has 0 aromatic heterocycles. The SMILES string of the molecule is CN=C(N)N1CCC(C2CC2CCOC2CCN(S(=O)(=O)C(C)C)CC2)CC1. The van der Waals surface area contributed by atoms with Crippen molar-refractivity contribution >= 4 is 16.0 Å². The van der Waals surface area contributed by atoms with E-state index in [1.54, 1.807) is 25.2 Å². The molecule has 0 aromatic rings. The summed E-state index contributed by atoms with van der Waals surface area (Å²) in [5.41, 5.74) is 5.92. The van der Waals surface area contributed by atoms with Gasteiger partial charge in [0.2, 0.25) is 10.0 Å². The van der Waals surface area contributed by atoms with Crippen molar-refractivity contribution in [2.75, 3.05) is 39.8 Å². The van der Waals surface area contributed by atoms with E-state index in [4.69, 9.17) is 10.5 Å². The van der Waals surface area contributed by atoms with Crippen molar-refractivity contribution in [1.82, 2.24) is 9.21 Å². The van der Waals surface area contributed by atoms with E-state index >= 15 is 0 Å². The van der Waals surface area contributed by atoms with E-state index in [-0.39, 0.29) is 11.4 Å². The van der Waals surface area contributed by atoms with Crippen molar-refractivity contribution in [2.45, 2.75) is 63.7 Å². The summed E-state index contributed by atoms with van der Waals surface area (Å²) in [7, 11) is -1.36. The van der Waals surface area contributed by atoms with Crippen LogP contribution in [0, 0.1) is 17.8 Å². The van der Waals surface area contributed by atoms with Crippen LogP contribution in [0.25, 0.3) is 0 Å². The Bertz CT molecular complexity index is 636. The molecule has 0 amide bonds. The summed E-state index contributed by atoms with van der Waals surface area (Å²) in [5, 5.41) is -0.339. The van der Waals surface area contributed by atoms with Crippen LogP contribution in [-0.2, 0) is 14.8 Å². The molecule has 1 saturated carbocycles. The van der Waals surface area contributed by atoms with Crippen LogP contribution in [0.1, 0.15) is 52.4 Å². The van der Waals surface area contributed by atoms with Gasteiger partial charge >= 0.3 is 0 Å². The van der Waals surface area contributed by atoms with Crippen LogP contribution < -0.4 is 5.73 Å². The molecule has 2 aliphatic heterocycles. The van der Waals surface area contributed by atoms with Crippen molar-refractivity contribution in [3.8, 4) is 0 Å². The Morgan fingerprint density at radius 3 is 2.36 bits per heavy atom. The summed E-state index contributed by atoms with van der Waals surface area (Å²) in [6, 6.07) is 0. The summed E-state index contributed by atoms with van der Waals surface area (Å²) in [6.07, 6.45) is 6.79. The summed E-state index contributed by atoms with van der Waals surface area (Å²) >= 11 is 0. The molecule has 1 aliphatic carbocycles. The molecule has 8 heteroatoms. The van der Waals surface area contributed by atoms with Crippen molar-refractivity contribution < 1.29 is 13.2 Å². The number of sulfonamides is 1. The van der Waals surface area contributed by atoms with Gasteiger partial charge in [0.1, 0.15) is 0 Å². The first kappa shape index (κ1) is 21.8. The molecule has 0 bridgehead atoms. The van der Waals surface area contributed by atoms with Crippen LogP contribution in [0.3, 0.4) is 0 Å². The van der Waals surface area contributed by atoms with Gasteiger partial charge in [-0.25, -0.2) is 12.7 Å². The van der Waals surface area contributed by atoms with Crippen LogP contribution in [0.2, 0.25) is 0 Å². The molecule has 2 atom stereocenters. The average Bonchev–Trinajstić information content (AvgIpc) is 3.47. The number of nitrogens with two attached hydrogens (primary N) is 1. The zero-order valence-corrected chi connectivity index (χ0v) is 18.5. The third kappa shape index (κ3) is 5.19. The third-order valence-electron chi connectivity index (χ3n) is 6.87. The van der Waals surface area contributed by atoms with Crippen LogP contribution in [0.15, 0.2) is 4.99 Å². The molecule has 2 N–H and O–H groups in total. The Balaban J connectivity index is 1.30. The highest BCUT2D eigenvalue weighted by molar-refractivity contribution is 7.89. The summed E-state index contributed by atoms with van der Waals surface area (Å²) < 4.78 is 32.2. The minimum atomic E-state index is -3.12. The lowest BCUT2D eigenvalue weighted by atomic mass is 9.90. The van der Waals surface area contributed by atoms with Crippen molar-refractivity contribution in [3.63, 3.8) is 0 Å². The number of hydrogen-bond acceptors (Lipinski definition) is 4. The Morgan fingerprint density at radius 2 is 1.79 bits per heavy atom. The second-order valence-electron chi connectivity index (χ2n) is 8.92. The maximum Gasteiger partial charge on any atom is 0.216 e. The van der Waals surface area contributed by atoms with Gasteiger partial charge < -0.3 is 15.4 Å². The summed E-state index contributed by atoms with van der Waals surface area (Å²) in [4.78, 5) is 6.29. The lowest BCUT2D eigenvalue weighted by Crippen LogP contribution is -2.43. The molecule has 2 heterocycles. The number of guanidine groups is 1. The number of aliphatic imine (C=N–C) groups is 1. The molecule has 3 fully saturated rings. The van der Waals surface area contributed by atoms with Crippen LogP contribution in [-0.4, -0.2) is 74.8 Å². The number of rotatable bonds is 7. The third-order valence-corrected chi connectivity index (χ3v) is 9.15. The first-order chi connectivity index (χ1) is 13.3. The van der Waals surface area contributed by atoms with Gasteiger partial charge in [-0.15, -0.1) is 0 Å². The number of nitrogens with zero attached hydrogens (tertiary/aromatic N) is 3. The lowest BCUT2D eigenvalue weighted by molar-refractivity contribution is 0.0172. The molecule has 0 spiro atoms. The molecule has 3 aliphatic rings. The molecular weight excluding hydrogens is 376 g/mol. The van der Waals surface area contributed by atoms with Crippen LogP contribution >= 0.6 is 0 Å². The molecule has 2 saturated heterocycles. The molecule has 0 radical (unpaired) electrons. The maximum atomic E-state index is 12.2. The number of piperidine rings is 2. The topological polar surface area (TPSA) is 88.2 Å². The van der Waals surface area contributed by atoms with Gasteiger partial charge in [-0.2, -0.15) is 0 Å². The van der Waals surface area contributed by atoms with Crippen molar-refractivity contribution in [3.05, 3.63) is 0 Å². The van der Waals surface area contributed by atoms with Gasteiger partial charge in [0.05, 0.1) is 11.4 Å². The van der Waals surface area contributed by atoms with Gasteiger partial charge in [-0.05, 0) is 70.1 Å². The highest BCUT2D eigenvalue weighted by Crippen LogP contribution is 2.49. The molecule has 0 aromatic carbocycles. The fourth-order valence-electron chi connectivity index (χ4n) is 4.82. The normalized spacial score (nSPS) is 28.9. The van der Waals surface area contributed by atoms with Gasteiger partial charge in [-0.3, -0.25) is 4.99 Å². The quantitative estimate of drug-likeness (QED) is 0.508. The lowest BCUT2D eigenvalue weighted by Gasteiger charge is -2.33. The predicted octanol–water partition coefficient (Wildman–Crippen LogP) is 1.89. The minimum Gasteiger partial charge on any atom is -0.378 e. The van der Waals surface area contributed by atoms with Crippen molar-refractivity contribution in [1.29, 1.82) is 0 Å². The minimum absolute atomic E-state index is 0.218. The van der Waals surface area contributed by atoms with Gasteiger partial charge in [0.25, 0.3) is 0 Å². The zero-order valence-electron chi connectivity index (χ0n) is 17.7. The fraction of sp³-hybridized carbons (Fsp3) is 0.950. The van der Waals surface area contributed by atoms with Crippen LogP contribution in [0.5, 0.6) is 0 Å². The first-order valence-corrected chi connectivity index (χ1v) is 12.4. The standard InChI is InChI=1S/C20H38N4O3S/c1-15(2)28(25,26)24-11-6-18(7-12-24)27-13-8-17-14-19(17)16-4-9-23(10-5-16)20(21)22-3/h15-19H,4-14H2,1-3H3,(H2,21,22).